The van der Waals surface area contributed by atoms with E-state index in [-0.39, 0.29) is 6.61 Å². The van der Waals surface area contributed by atoms with Crippen LogP contribution >= 0.6 is 0 Å². The summed E-state index contributed by atoms with van der Waals surface area (Å²) >= 11 is 0. The lowest BCUT2D eigenvalue weighted by atomic mass is 10.2. The molecule has 0 fully saturated rings. The van der Waals surface area contributed by atoms with Gasteiger partial charge in [0.05, 0.1) is 11.3 Å². The molecule has 0 bridgehead atoms. The van der Waals surface area contributed by atoms with E-state index in [0.29, 0.717) is 11.3 Å². The fourth-order valence-electron chi connectivity index (χ4n) is 1.96. The van der Waals surface area contributed by atoms with Gasteiger partial charge in [0.1, 0.15) is 12.2 Å². The van der Waals surface area contributed by atoms with Crippen LogP contribution in [0.15, 0.2) is 54.6 Å². The Balaban J connectivity index is 1.89. The van der Waals surface area contributed by atoms with Gasteiger partial charge in [-0.1, -0.05) is 36.4 Å². The molecule has 0 saturated carbocycles. The summed E-state index contributed by atoms with van der Waals surface area (Å²) in [6.07, 6.45) is -0.607. The van der Waals surface area contributed by atoms with Gasteiger partial charge < -0.3 is 9.47 Å². The molecule has 0 heterocycles. The van der Waals surface area contributed by atoms with Crippen molar-refractivity contribution in [3.05, 3.63) is 65.7 Å². The zero-order valence-electron chi connectivity index (χ0n) is 14.5. The third-order valence-corrected chi connectivity index (χ3v) is 3.02. The van der Waals surface area contributed by atoms with Crippen LogP contribution in [-0.4, -0.2) is 17.7 Å². The monoisotopic (exact) mass is 342 g/mol. The van der Waals surface area contributed by atoms with Crippen LogP contribution in [-0.2, 0) is 16.1 Å². The van der Waals surface area contributed by atoms with Gasteiger partial charge in [-0.25, -0.2) is 15.0 Å². The molecule has 0 aliphatic heterocycles. The van der Waals surface area contributed by atoms with E-state index in [1.807, 2.05) is 30.3 Å². The Labute approximate surface area is 147 Å². The molecule has 0 aliphatic carbocycles. The van der Waals surface area contributed by atoms with Gasteiger partial charge in [-0.2, -0.15) is 0 Å². The molecule has 2 aromatic carbocycles. The van der Waals surface area contributed by atoms with Crippen molar-refractivity contribution in [2.75, 3.05) is 5.43 Å². The fourth-order valence-corrected chi connectivity index (χ4v) is 1.96. The van der Waals surface area contributed by atoms with Crippen LogP contribution < -0.4 is 10.9 Å². The molecule has 132 valence electrons. The Kier molecular flexibility index (Phi) is 6.00. The van der Waals surface area contributed by atoms with Crippen LogP contribution in [0.1, 0.15) is 36.7 Å². The normalized spacial score (nSPS) is 10.7. The zero-order valence-corrected chi connectivity index (χ0v) is 14.5. The standard InChI is InChI=1S/C19H22N2O4/c1-19(2,3)25-18(23)21-20-16-11-7-10-15(12-16)17(22)24-13-14-8-5-4-6-9-14/h4-12,20H,13H2,1-3H3,(H,21,23). The summed E-state index contributed by atoms with van der Waals surface area (Å²) in [6.45, 7) is 5.52. The molecule has 25 heavy (non-hydrogen) atoms. The van der Waals surface area contributed by atoms with Crippen LogP contribution in [0.5, 0.6) is 0 Å². The number of carbonyl (C=O) groups is 2. The molecular weight excluding hydrogens is 320 g/mol. The number of rotatable bonds is 5. The Morgan fingerprint density at radius 2 is 1.72 bits per heavy atom. The van der Waals surface area contributed by atoms with Crippen LogP contribution in [0.4, 0.5) is 10.5 Å². The van der Waals surface area contributed by atoms with E-state index in [2.05, 4.69) is 10.9 Å². The number of benzene rings is 2. The van der Waals surface area contributed by atoms with E-state index >= 15 is 0 Å². The number of nitrogens with one attached hydrogen (secondary N) is 2. The number of carbonyl (C=O) groups excluding carboxylic acids is 2. The van der Waals surface area contributed by atoms with Gasteiger partial charge in [-0.3, -0.25) is 5.43 Å². The van der Waals surface area contributed by atoms with Crippen molar-refractivity contribution in [2.45, 2.75) is 33.0 Å². The lowest BCUT2D eigenvalue weighted by Gasteiger charge is -2.20. The molecule has 0 aromatic heterocycles. The highest BCUT2D eigenvalue weighted by Gasteiger charge is 2.16. The van der Waals surface area contributed by atoms with Crippen molar-refractivity contribution in [3.8, 4) is 0 Å². The number of hydrogen-bond donors (Lipinski definition) is 2. The van der Waals surface area contributed by atoms with E-state index < -0.39 is 17.7 Å². The average molecular weight is 342 g/mol. The summed E-state index contributed by atoms with van der Waals surface area (Å²) in [6, 6.07) is 16.1. The minimum Gasteiger partial charge on any atom is -0.457 e. The first kappa shape index (κ1) is 18.3. The van der Waals surface area contributed by atoms with Gasteiger partial charge >= 0.3 is 12.1 Å². The second-order valence-corrected chi connectivity index (χ2v) is 6.39. The van der Waals surface area contributed by atoms with E-state index in [9.17, 15) is 9.59 Å². The highest BCUT2D eigenvalue weighted by molar-refractivity contribution is 5.90. The van der Waals surface area contributed by atoms with Gasteiger partial charge in [-0.05, 0) is 44.5 Å². The molecule has 6 heteroatoms. The van der Waals surface area contributed by atoms with Gasteiger partial charge in [-0.15, -0.1) is 0 Å². The average Bonchev–Trinajstić information content (AvgIpc) is 2.57. The molecule has 2 N–H and O–H groups in total. The summed E-state index contributed by atoms with van der Waals surface area (Å²) < 4.78 is 10.4. The second-order valence-electron chi connectivity index (χ2n) is 6.39. The van der Waals surface area contributed by atoms with Gasteiger partial charge in [0.25, 0.3) is 0 Å². The van der Waals surface area contributed by atoms with Crippen LogP contribution in [0.2, 0.25) is 0 Å². The largest absolute Gasteiger partial charge is 0.457 e. The third kappa shape index (κ3) is 6.55. The van der Waals surface area contributed by atoms with Crippen molar-refractivity contribution in [1.82, 2.24) is 5.43 Å². The topological polar surface area (TPSA) is 76.7 Å². The molecule has 0 spiro atoms. The lowest BCUT2D eigenvalue weighted by Crippen LogP contribution is -2.35. The predicted molar refractivity (Wildman–Crippen MR) is 95.0 cm³/mol. The first-order chi connectivity index (χ1) is 11.8. The zero-order chi connectivity index (χ0) is 18.3. The van der Waals surface area contributed by atoms with Crippen LogP contribution in [0.3, 0.4) is 0 Å². The minimum atomic E-state index is -0.607. The first-order valence-corrected chi connectivity index (χ1v) is 7.89. The molecule has 0 radical (unpaired) electrons. The van der Waals surface area contributed by atoms with Crippen LogP contribution in [0, 0.1) is 0 Å². The van der Waals surface area contributed by atoms with Crippen molar-refractivity contribution in [3.63, 3.8) is 0 Å². The molecular formula is C19H22N2O4. The van der Waals surface area contributed by atoms with Gasteiger partial charge in [0.15, 0.2) is 0 Å². The molecule has 2 rings (SSSR count). The number of anilines is 1. The Hall–Kier alpha value is -3.02. The van der Waals surface area contributed by atoms with E-state index in [0.717, 1.165) is 5.56 Å². The molecule has 6 nitrogen and oxygen atoms in total. The molecule has 0 atom stereocenters. The summed E-state index contributed by atoms with van der Waals surface area (Å²) in [5, 5.41) is 0. The highest BCUT2D eigenvalue weighted by atomic mass is 16.6. The number of hydrogen-bond acceptors (Lipinski definition) is 5. The molecule has 0 aliphatic rings. The van der Waals surface area contributed by atoms with Crippen molar-refractivity contribution in [2.24, 2.45) is 0 Å². The summed E-state index contributed by atoms with van der Waals surface area (Å²) in [7, 11) is 0. The number of ether oxygens (including phenoxy) is 2. The Bertz CT molecular complexity index is 724. The van der Waals surface area contributed by atoms with E-state index in [4.69, 9.17) is 9.47 Å². The lowest BCUT2D eigenvalue weighted by molar-refractivity contribution is 0.0472. The van der Waals surface area contributed by atoms with Crippen molar-refractivity contribution in [1.29, 1.82) is 0 Å². The first-order valence-electron chi connectivity index (χ1n) is 7.89. The number of hydrazine groups is 1. The van der Waals surface area contributed by atoms with Gasteiger partial charge in [0.2, 0.25) is 0 Å². The molecule has 0 unspecified atom stereocenters. The predicted octanol–water partition coefficient (Wildman–Crippen LogP) is 3.90. The maximum atomic E-state index is 12.1. The smallest absolute Gasteiger partial charge is 0.426 e. The fraction of sp³-hybridized carbons (Fsp3) is 0.263. The second kappa shape index (κ2) is 8.19. The quantitative estimate of drug-likeness (QED) is 0.637. The summed E-state index contributed by atoms with van der Waals surface area (Å²) in [5.41, 5.74) is 6.37. The maximum absolute atomic E-state index is 12.1. The van der Waals surface area contributed by atoms with Crippen LogP contribution in [0.25, 0.3) is 0 Å². The molecule has 1 amide bonds. The van der Waals surface area contributed by atoms with Crippen molar-refractivity contribution >= 4 is 17.7 Å². The Morgan fingerprint density at radius 3 is 2.40 bits per heavy atom. The van der Waals surface area contributed by atoms with E-state index in [1.54, 1.807) is 45.0 Å². The third-order valence-electron chi connectivity index (χ3n) is 3.02. The number of esters is 1. The summed E-state index contributed by atoms with van der Waals surface area (Å²) in [5.74, 6) is -0.440. The summed E-state index contributed by atoms with van der Waals surface area (Å²) in [4.78, 5) is 23.8. The Morgan fingerprint density at radius 1 is 1.00 bits per heavy atom. The maximum Gasteiger partial charge on any atom is 0.426 e. The number of amides is 1. The molecule has 0 saturated heterocycles. The van der Waals surface area contributed by atoms with Crippen molar-refractivity contribution < 1.29 is 19.1 Å². The minimum absolute atomic E-state index is 0.202. The molecule has 2 aromatic rings. The SMILES string of the molecule is CC(C)(C)OC(=O)NNc1cccc(C(=O)OCc2ccccc2)c1. The van der Waals surface area contributed by atoms with E-state index in [1.165, 1.54) is 0 Å². The highest BCUT2D eigenvalue weighted by Crippen LogP contribution is 2.13. The van der Waals surface area contributed by atoms with Gasteiger partial charge in [0, 0.05) is 0 Å².